The number of nitrogens with zero attached hydrogens (tertiary/aromatic N) is 2. The SMILES string of the molecule is Cc1cccc2c(NC(=O)O)c3cccc(C(=O)NCCN(C)C)c3nc12. The number of carbonyl (C=O) groups is 2. The van der Waals surface area contributed by atoms with Gasteiger partial charge in [0.2, 0.25) is 0 Å². The maximum atomic E-state index is 12.7. The Morgan fingerprint density at radius 3 is 2.41 bits per heavy atom. The number of carboxylic acid groups (broad SMARTS) is 1. The molecule has 0 saturated heterocycles. The van der Waals surface area contributed by atoms with Crippen LogP contribution in [-0.4, -0.2) is 54.2 Å². The third-order valence-electron chi connectivity index (χ3n) is 4.36. The average Bonchev–Trinajstić information content (AvgIpc) is 2.61. The Kier molecular flexibility index (Phi) is 5.23. The summed E-state index contributed by atoms with van der Waals surface area (Å²) in [6.07, 6.45) is -1.16. The predicted octanol–water partition coefficient (Wildman–Crippen LogP) is 3.08. The van der Waals surface area contributed by atoms with E-state index in [2.05, 4.69) is 10.6 Å². The number of fused-ring (bicyclic) bond motifs is 2. The highest BCUT2D eigenvalue weighted by molar-refractivity contribution is 6.16. The molecule has 7 heteroatoms. The van der Waals surface area contributed by atoms with Crippen LogP contribution in [0.15, 0.2) is 36.4 Å². The molecule has 140 valence electrons. The van der Waals surface area contributed by atoms with Crippen LogP contribution in [-0.2, 0) is 0 Å². The number of hydrogen-bond donors (Lipinski definition) is 3. The minimum absolute atomic E-state index is 0.232. The van der Waals surface area contributed by atoms with Gasteiger partial charge in [-0.25, -0.2) is 9.78 Å². The predicted molar refractivity (Wildman–Crippen MR) is 107 cm³/mol. The molecular weight excluding hydrogens is 344 g/mol. The van der Waals surface area contributed by atoms with Gasteiger partial charge in [-0.3, -0.25) is 10.1 Å². The average molecular weight is 366 g/mol. The number of aryl methyl sites for hydroxylation is 1. The van der Waals surface area contributed by atoms with Crippen LogP contribution in [0.2, 0.25) is 0 Å². The Morgan fingerprint density at radius 1 is 1.07 bits per heavy atom. The van der Waals surface area contributed by atoms with Crippen molar-refractivity contribution >= 4 is 39.5 Å². The van der Waals surface area contributed by atoms with Crippen LogP contribution >= 0.6 is 0 Å². The van der Waals surface area contributed by atoms with Crippen molar-refractivity contribution in [2.75, 3.05) is 32.5 Å². The molecule has 1 aromatic heterocycles. The van der Waals surface area contributed by atoms with Gasteiger partial charge in [0.15, 0.2) is 0 Å². The quantitative estimate of drug-likeness (QED) is 0.603. The molecule has 0 aliphatic carbocycles. The first kappa shape index (κ1) is 18.6. The van der Waals surface area contributed by atoms with Gasteiger partial charge in [-0.15, -0.1) is 0 Å². The summed E-state index contributed by atoms with van der Waals surface area (Å²) in [4.78, 5) is 30.7. The van der Waals surface area contributed by atoms with E-state index in [1.165, 1.54) is 0 Å². The number of para-hydroxylation sites is 2. The second-order valence-electron chi connectivity index (χ2n) is 6.65. The number of anilines is 1. The molecule has 0 fully saturated rings. The summed E-state index contributed by atoms with van der Waals surface area (Å²) in [5.74, 6) is -0.232. The fraction of sp³-hybridized carbons (Fsp3) is 0.250. The zero-order valence-electron chi connectivity index (χ0n) is 15.5. The summed E-state index contributed by atoms with van der Waals surface area (Å²) >= 11 is 0. The van der Waals surface area contributed by atoms with Crippen molar-refractivity contribution in [2.45, 2.75) is 6.92 Å². The molecule has 0 spiro atoms. The van der Waals surface area contributed by atoms with Gasteiger partial charge in [0, 0.05) is 23.9 Å². The van der Waals surface area contributed by atoms with Crippen LogP contribution < -0.4 is 10.6 Å². The molecule has 0 aliphatic heterocycles. The van der Waals surface area contributed by atoms with Crippen molar-refractivity contribution in [3.8, 4) is 0 Å². The van der Waals surface area contributed by atoms with Crippen molar-refractivity contribution in [3.63, 3.8) is 0 Å². The summed E-state index contributed by atoms with van der Waals surface area (Å²) < 4.78 is 0. The van der Waals surface area contributed by atoms with E-state index in [1.54, 1.807) is 18.2 Å². The van der Waals surface area contributed by atoms with Crippen LogP contribution in [0.5, 0.6) is 0 Å². The molecule has 27 heavy (non-hydrogen) atoms. The molecule has 3 N–H and O–H groups in total. The molecule has 0 radical (unpaired) electrons. The summed E-state index contributed by atoms with van der Waals surface area (Å²) in [7, 11) is 3.87. The van der Waals surface area contributed by atoms with Gasteiger partial charge in [0.05, 0.1) is 22.3 Å². The highest BCUT2D eigenvalue weighted by Crippen LogP contribution is 2.33. The lowest BCUT2D eigenvalue weighted by Crippen LogP contribution is -2.31. The first-order valence-corrected chi connectivity index (χ1v) is 8.63. The summed E-state index contributed by atoms with van der Waals surface area (Å²) in [6, 6.07) is 10.8. The number of likely N-dealkylation sites (N-methyl/N-ethyl adjacent to an activating group) is 1. The number of hydrogen-bond acceptors (Lipinski definition) is 4. The Balaban J connectivity index is 2.18. The van der Waals surface area contributed by atoms with E-state index in [0.717, 1.165) is 12.1 Å². The molecule has 0 aliphatic rings. The van der Waals surface area contributed by atoms with Gasteiger partial charge in [0.1, 0.15) is 0 Å². The van der Waals surface area contributed by atoms with Crippen LogP contribution in [0.1, 0.15) is 15.9 Å². The van der Waals surface area contributed by atoms with E-state index in [9.17, 15) is 14.7 Å². The number of aromatic nitrogens is 1. The molecule has 2 aromatic carbocycles. The maximum Gasteiger partial charge on any atom is 0.409 e. The van der Waals surface area contributed by atoms with Crippen LogP contribution in [0.25, 0.3) is 21.8 Å². The first-order chi connectivity index (χ1) is 12.9. The number of nitrogens with one attached hydrogen (secondary N) is 2. The Morgan fingerprint density at radius 2 is 1.74 bits per heavy atom. The van der Waals surface area contributed by atoms with Crippen molar-refractivity contribution in [1.29, 1.82) is 0 Å². The molecule has 0 atom stereocenters. The molecule has 1 heterocycles. The van der Waals surface area contributed by atoms with Crippen LogP contribution in [0.3, 0.4) is 0 Å². The lowest BCUT2D eigenvalue weighted by atomic mass is 10.0. The topological polar surface area (TPSA) is 94.6 Å². The highest BCUT2D eigenvalue weighted by atomic mass is 16.4. The van der Waals surface area contributed by atoms with Crippen molar-refractivity contribution in [3.05, 3.63) is 47.5 Å². The van der Waals surface area contributed by atoms with E-state index >= 15 is 0 Å². The van der Waals surface area contributed by atoms with Crippen molar-refractivity contribution in [2.24, 2.45) is 0 Å². The molecule has 0 saturated carbocycles. The standard InChI is InChI=1S/C20H22N4O3/c1-12-6-4-7-13-16(12)22-18-14(17(13)23-20(26)27)8-5-9-15(18)19(25)21-10-11-24(2)3/h4-9H,10-11H2,1-3H3,(H,21,25)(H,22,23)(H,26,27). The molecular formula is C20H22N4O3. The number of rotatable bonds is 5. The normalized spacial score (nSPS) is 11.1. The lowest BCUT2D eigenvalue weighted by molar-refractivity contribution is 0.0952. The zero-order chi connectivity index (χ0) is 19.6. The molecule has 0 unspecified atom stereocenters. The third kappa shape index (κ3) is 3.83. The Hall–Kier alpha value is -3.19. The number of carbonyl (C=O) groups excluding carboxylic acids is 1. The zero-order valence-corrected chi connectivity index (χ0v) is 15.5. The minimum Gasteiger partial charge on any atom is -0.465 e. The minimum atomic E-state index is -1.16. The van der Waals surface area contributed by atoms with Gasteiger partial charge in [-0.05, 0) is 32.6 Å². The fourth-order valence-corrected chi connectivity index (χ4v) is 3.04. The second-order valence-corrected chi connectivity index (χ2v) is 6.65. The number of pyridine rings is 1. The van der Waals surface area contributed by atoms with Gasteiger partial charge < -0.3 is 15.3 Å². The smallest absolute Gasteiger partial charge is 0.409 e. The van der Waals surface area contributed by atoms with E-state index in [1.807, 2.05) is 44.1 Å². The third-order valence-corrected chi connectivity index (χ3v) is 4.36. The Bertz CT molecular complexity index is 1030. The summed E-state index contributed by atoms with van der Waals surface area (Å²) in [6.45, 7) is 3.14. The number of benzene rings is 2. The van der Waals surface area contributed by atoms with Gasteiger partial charge in [-0.2, -0.15) is 0 Å². The first-order valence-electron chi connectivity index (χ1n) is 8.63. The summed E-state index contributed by atoms with van der Waals surface area (Å²) in [5.41, 5.74) is 2.91. The monoisotopic (exact) mass is 366 g/mol. The lowest BCUT2D eigenvalue weighted by Gasteiger charge is -2.15. The molecule has 2 amide bonds. The Labute approximate surface area is 157 Å². The van der Waals surface area contributed by atoms with Crippen molar-refractivity contribution < 1.29 is 14.7 Å². The van der Waals surface area contributed by atoms with Gasteiger partial charge in [0.25, 0.3) is 5.91 Å². The molecule has 3 aromatic rings. The summed E-state index contributed by atoms with van der Waals surface area (Å²) in [5, 5.41) is 16.0. The van der Waals surface area contributed by atoms with Gasteiger partial charge in [-0.1, -0.05) is 30.3 Å². The maximum absolute atomic E-state index is 12.7. The van der Waals surface area contributed by atoms with E-state index in [4.69, 9.17) is 4.98 Å². The number of amides is 2. The van der Waals surface area contributed by atoms with Crippen molar-refractivity contribution in [1.82, 2.24) is 15.2 Å². The highest BCUT2D eigenvalue weighted by Gasteiger charge is 2.17. The van der Waals surface area contributed by atoms with E-state index in [0.29, 0.717) is 39.6 Å². The molecule has 0 bridgehead atoms. The molecule has 7 nitrogen and oxygen atoms in total. The fourth-order valence-electron chi connectivity index (χ4n) is 3.04. The van der Waals surface area contributed by atoms with Crippen LogP contribution in [0.4, 0.5) is 10.5 Å². The van der Waals surface area contributed by atoms with E-state index in [-0.39, 0.29) is 5.91 Å². The van der Waals surface area contributed by atoms with Crippen LogP contribution in [0, 0.1) is 6.92 Å². The second kappa shape index (κ2) is 7.59. The molecule has 3 rings (SSSR count). The van der Waals surface area contributed by atoms with E-state index < -0.39 is 6.09 Å². The largest absolute Gasteiger partial charge is 0.465 e. The van der Waals surface area contributed by atoms with Gasteiger partial charge >= 0.3 is 6.09 Å².